The zero-order chi connectivity index (χ0) is 8.74. The molecule has 0 fully saturated rings. The van der Waals surface area contributed by atoms with Gasteiger partial charge in [-0.2, -0.15) is 5.26 Å². The van der Waals surface area contributed by atoms with Crippen LogP contribution in [0.5, 0.6) is 0 Å². The van der Waals surface area contributed by atoms with Crippen molar-refractivity contribution < 1.29 is 9.47 Å². The van der Waals surface area contributed by atoms with Crippen LogP contribution in [0.4, 0.5) is 0 Å². The number of rotatable bonds is 4. The van der Waals surface area contributed by atoms with Crippen molar-refractivity contribution in [3.8, 4) is 18.4 Å². The van der Waals surface area contributed by atoms with Gasteiger partial charge in [-0.25, -0.2) is 0 Å². The van der Waals surface area contributed by atoms with Crippen molar-refractivity contribution in [1.29, 1.82) is 5.26 Å². The fourth-order valence-corrected chi connectivity index (χ4v) is 0.628. The molecule has 60 valence electrons. The van der Waals surface area contributed by atoms with Gasteiger partial charge in [-0.15, -0.1) is 6.42 Å². The Balaban J connectivity index is 4.27. The molecule has 0 amide bonds. The van der Waals surface area contributed by atoms with Gasteiger partial charge < -0.3 is 9.47 Å². The van der Waals surface area contributed by atoms with E-state index in [-0.39, 0.29) is 0 Å². The van der Waals surface area contributed by atoms with Crippen molar-refractivity contribution in [2.75, 3.05) is 13.2 Å². The molecule has 0 rings (SSSR count). The molecule has 0 bridgehead atoms. The van der Waals surface area contributed by atoms with Crippen LogP contribution in [0.3, 0.4) is 0 Å². The van der Waals surface area contributed by atoms with Gasteiger partial charge in [0.2, 0.25) is 0 Å². The zero-order valence-electron chi connectivity index (χ0n) is 6.76. The molecule has 0 aliphatic carbocycles. The van der Waals surface area contributed by atoms with E-state index >= 15 is 0 Å². The maximum absolute atomic E-state index is 8.60. The Morgan fingerprint density at radius 3 is 2.00 bits per heavy atom. The summed E-state index contributed by atoms with van der Waals surface area (Å²) in [7, 11) is 0. The maximum atomic E-state index is 8.60. The van der Waals surface area contributed by atoms with E-state index in [1.165, 1.54) is 0 Å². The third-order valence-electron chi connectivity index (χ3n) is 1.03. The Labute approximate surface area is 66.9 Å². The van der Waals surface area contributed by atoms with Crippen molar-refractivity contribution in [2.45, 2.75) is 19.6 Å². The highest BCUT2D eigenvalue weighted by Gasteiger charge is 2.28. The Kier molecular flexibility index (Phi) is 4.29. The van der Waals surface area contributed by atoms with Gasteiger partial charge in [0, 0.05) is 13.2 Å². The van der Waals surface area contributed by atoms with Crippen LogP contribution < -0.4 is 0 Å². The van der Waals surface area contributed by atoms with Gasteiger partial charge in [-0.1, -0.05) is 0 Å². The van der Waals surface area contributed by atoms with Crippen LogP contribution in [-0.4, -0.2) is 19.0 Å². The summed E-state index contributed by atoms with van der Waals surface area (Å²) in [6.45, 7) is 4.22. The van der Waals surface area contributed by atoms with E-state index in [0.717, 1.165) is 0 Å². The highest BCUT2D eigenvalue weighted by atomic mass is 16.7. The highest BCUT2D eigenvalue weighted by molar-refractivity contribution is 5.15. The lowest BCUT2D eigenvalue weighted by atomic mass is 10.3. The number of hydrogen-bond acceptors (Lipinski definition) is 3. The normalized spacial score (nSPS) is 10.2. The smallest absolute Gasteiger partial charge is 0.325 e. The van der Waals surface area contributed by atoms with Crippen LogP contribution in [0.2, 0.25) is 0 Å². The van der Waals surface area contributed by atoms with Gasteiger partial charge in [0.15, 0.2) is 0 Å². The molecule has 0 aliphatic rings. The standard InChI is InChI=1S/C8H11NO2/c1-4-8(7-9,10-5-2)11-6-3/h1H,5-6H2,2-3H3. The third-order valence-corrected chi connectivity index (χ3v) is 1.03. The Hall–Kier alpha value is -1.03. The second kappa shape index (κ2) is 4.73. The van der Waals surface area contributed by atoms with Crippen LogP contribution in [0.15, 0.2) is 0 Å². The summed E-state index contributed by atoms with van der Waals surface area (Å²) in [5, 5.41) is 8.60. The molecular weight excluding hydrogens is 142 g/mol. The average Bonchev–Trinajstić information content (AvgIpc) is 2.04. The van der Waals surface area contributed by atoms with Crippen molar-refractivity contribution in [3.63, 3.8) is 0 Å². The van der Waals surface area contributed by atoms with E-state index in [1.807, 2.05) is 0 Å². The molecule has 0 aromatic carbocycles. The SMILES string of the molecule is C#CC(C#N)(OCC)OCC. The van der Waals surface area contributed by atoms with Gasteiger partial charge >= 0.3 is 5.79 Å². The predicted octanol–water partition coefficient (Wildman–Crippen LogP) is 0.912. The van der Waals surface area contributed by atoms with Gasteiger partial charge in [0.05, 0.1) is 0 Å². The molecule has 0 aromatic rings. The molecule has 0 aliphatic heterocycles. The number of terminal acetylenes is 1. The van der Waals surface area contributed by atoms with E-state index in [4.69, 9.17) is 21.2 Å². The van der Waals surface area contributed by atoms with E-state index in [9.17, 15) is 0 Å². The molecule has 0 spiro atoms. The van der Waals surface area contributed by atoms with Crippen molar-refractivity contribution in [1.82, 2.24) is 0 Å². The first kappa shape index (κ1) is 9.97. The molecule has 0 heterocycles. The van der Waals surface area contributed by atoms with Crippen molar-refractivity contribution >= 4 is 0 Å². The van der Waals surface area contributed by atoms with Crippen LogP contribution >= 0.6 is 0 Å². The van der Waals surface area contributed by atoms with Gasteiger partial charge in [0.25, 0.3) is 0 Å². The molecule has 0 radical (unpaired) electrons. The molecule has 3 nitrogen and oxygen atoms in total. The average molecular weight is 153 g/mol. The van der Waals surface area contributed by atoms with Gasteiger partial charge in [0.1, 0.15) is 6.07 Å². The van der Waals surface area contributed by atoms with E-state index in [1.54, 1.807) is 19.9 Å². The molecule has 0 atom stereocenters. The van der Waals surface area contributed by atoms with Crippen molar-refractivity contribution in [2.24, 2.45) is 0 Å². The molecule has 0 N–H and O–H groups in total. The van der Waals surface area contributed by atoms with Crippen molar-refractivity contribution in [3.05, 3.63) is 0 Å². The monoisotopic (exact) mass is 153 g/mol. The minimum Gasteiger partial charge on any atom is -0.328 e. The number of nitriles is 1. The summed E-state index contributed by atoms with van der Waals surface area (Å²) in [5.74, 6) is 0.679. The molecule has 0 saturated heterocycles. The summed E-state index contributed by atoms with van der Waals surface area (Å²) >= 11 is 0. The summed E-state index contributed by atoms with van der Waals surface area (Å²) in [4.78, 5) is 0. The first-order chi connectivity index (χ1) is 5.24. The second-order valence-electron chi connectivity index (χ2n) is 1.74. The lowest BCUT2D eigenvalue weighted by Gasteiger charge is -2.18. The lowest BCUT2D eigenvalue weighted by Crippen LogP contribution is -2.32. The van der Waals surface area contributed by atoms with Crippen LogP contribution in [0.25, 0.3) is 0 Å². The first-order valence-corrected chi connectivity index (χ1v) is 3.41. The van der Waals surface area contributed by atoms with Gasteiger partial charge in [-0.05, 0) is 19.8 Å². The minimum absolute atomic E-state index is 0.359. The lowest BCUT2D eigenvalue weighted by molar-refractivity contribution is -0.152. The molecule has 0 aromatic heterocycles. The second-order valence-corrected chi connectivity index (χ2v) is 1.74. The Morgan fingerprint density at radius 1 is 1.36 bits per heavy atom. The molecule has 11 heavy (non-hydrogen) atoms. The van der Waals surface area contributed by atoms with Crippen LogP contribution in [0, 0.1) is 23.7 Å². The van der Waals surface area contributed by atoms with Crippen LogP contribution in [0.1, 0.15) is 13.8 Å². The zero-order valence-corrected chi connectivity index (χ0v) is 6.76. The molecule has 0 saturated carbocycles. The first-order valence-electron chi connectivity index (χ1n) is 3.41. The summed E-state index contributed by atoms with van der Waals surface area (Å²) < 4.78 is 9.90. The fourth-order valence-electron chi connectivity index (χ4n) is 0.628. The quantitative estimate of drug-likeness (QED) is 0.445. The summed E-state index contributed by atoms with van der Waals surface area (Å²) in [6, 6.07) is 1.79. The maximum Gasteiger partial charge on any atom is 0.325 e. The van der Waals surface area contributed by atoms with E-state index in [2.05, 4.69) is 5.92 Å². The molecule has 3 heteroatoms. The fraction of sp³-hybridized carbons (Fsp3) is 0.625. The third kappa shape index (κ3) is 2.59. The van der Waals surface area contributed by atoms with Gasteiger partial charge in [-0.3, -0.25) is 0 Å². The Bertz CT molecular complexity index is 165. The number of nitrogens with zero attached hydrogens (tertiary/aromatic N) is 1. The summed E-state index contributed by atoms with van der Waals surface area (Å²) in [6.07, 6.45) is 5.07. The van der Waals surface area contributed by atoms with E-state index < -0.39 is 5.79 Å². The highest BCUT2D eigenvalue weighted by Crippen LogP contribution is 2.09. The number of hydrogen-bond donors (Lipinski definition) is 0. The van der Waals surface area contributed by atoms with Crippen LogP contribution in [-0.2, 0) is 9.47 Å². The minimum atomic E-state index is -1.48. The molecular formula is C8H11NO2. The number of ether oxygens (including phenoxy) is 2. The Morgan fingerprint density at radius 2 is 1.82 bits per heavy atom. The predicted molar refractivity (Wildman–Crippen MR) is 40.4 cm³/mol. The molecule has 0 unspecified atom stereocenters. The topological polar surface area (TPSA) is 42.2 Å². The largest absolute Gasteiger partial charge is 0.328 e. The summed E-state index contributed by atoms with van der Waals surface area (Å²) in [5.41, 5.74) is 0. The van der Waals surface area contributed by atoms with E-state index in [0.29, 0.717) is 13.2 Å².